The number of carboxylic acids is 1. The number of carboxylic acid groups (broad SMARTS) is 1. The zero-order valence-electron chi connectivity index (χ0n) is 14.0. The van der Waals surface area contributed by atoms with Gasteiger partial charge < -0.3 is 41.4 Å². The first-order valence-corrected chi connectivity index (χ1v) is 8.16. The molecule has 9 heteroatoms. The van der Waals surface area contributed by atoms with E-state index in [0.29, 0.717) is 16.8 Å². The van der Waals surface area contributed by atoms with E-state index < -0.39 is 43.0 Å². The molecular formula is C17H24N2O7. The Morgan fingerprint density at radius 3 is 2.27 bits per heavy atom. The molecule has 0 spiro atoms. The number of hydrogen-bond donors (Lipinski definition) is 8. The number of aliphatic hydroxyl groups excluding tert-OH is 5. The molecule has 26 heavy (non-hydrogen) atoms. The van der Waals surface area contributed by atoms with Crippen molar-refractivity contribution in [2.24, 2.45) is 5.73 Å². The molecule has 5 atom stereocenters. The molecule has 0 aliphatic carbocycles. The molecular weight excluding hydrogens is 344 g/mol. The lowest BCUT2D eigenvalue weighted by Gasteiger charge is -2.25. The van der Waals surface area contributed by atoms with E-state index in [4.69, 9.17) is 15.9 Å². The van der Waals surface area contributed by atoms with Crippen LogP contribution in [0.2, 0.25) is 0 Å². The molecule has 0 unspecified atom stereocenters. The highest BCUT2D eigenvalue weighted by molar-refractivity contribution is 5.85. The van der Waals surface area contributed by atoms with Crippen molar-refractivity contribution in [1.82, 2.24) is 4.98 Å². The number of aromatic amines is 1. The minimum Gasteiger partial charge on any atom is -0.480 e. The highest BCUT2D eigenvalue weighted by Gasteiger charge is 2.31. The number of aliphatic hydroxyl groups is 5. The fraction of sp³-hybridized carbons (Fsp3) is 0.471. The Hall–Kier alpha value is -2.01. The third-order valence-electron chi connectivity index (χ3n) is 4.38. The summed E-state index contributed by atoms with van der Waals surface area (Å²) in [4.78, 5) is 14.2. The lowest BCUT2D eigenvalue weighted by Crippen LogP contribution is -2.46. The van der Waals surface area contributed by atoms with Crippen LogP contribution in [0, 0.1) is 0 Å². The van der Waals surface area contributed by atoms with Crippen molar-refractivity contribution in [2.45, 2.75) is 43.3 Å². The summed E-state index contributed by atoms with van der Waals surface area (Å²) in [5.74, 6) is -1.16. The van der Waals surface area contributed by atoms with Gasteiger partial charge in [0.25, 0.3) is 0 Å². The molecule has 1 aromatic heterocycles. The van der Waals surface area contributed by atoms with Crippen LogP contribution in [-0.2, 0) is 17.6 Å². The van der Waals surface area contributed by atoms with Crippen LogP contribution < -0.4 is 5.73 Å². The second kappa shape index (κ2) is 8.58. The molecule has 9 N–H and O–H groups in total. The highest BCUT2D eigenvalue weighted by Crippen LogP contribution is 2.25. The number of nitrogens with two attached hydrogens (primary N) is 1. The molecule has 2 aromatic rings. The fourth-order valence-corrected chi connectivity index (χ4v) is 2.86. The Kier molecular flexibility index (Phi) is 6.70. The molecule has 2 rings (SSSR count). The van der Waals surface area contributed by atoms with E-state index in [2.05, 4.69) is 4.98 Å². The van der Waals surface area contributed by atoms with Gasteiger partial charge in [-0.2, -0.15) is 0 Å². The smallest absolute Gasteiger partial charge is 0.320 e. The van der Waals surface area contributed by atoms with E-state index in [9.17, 15) is 25.2 Å². The molecule has 0 amide bonds. The van der Waals surface area contributed by atoms with Gasteiger partial charge in [0.2, 0.25) is 0 Å². The number of fused-ring (bicyclic) bond motifs is 1. The quantitative estimate of drug-likeness (QED) is 0.253. The minimum atomic E-state index is -1.73. The van der Waals surface area contributed by atoms with Crippen molar-refractivity contribution >= 4 is 16.9 Å². The van der Waals surface area contributed by atoms with Crippen molar-refractivity contribution < 1.29 is 35.4 Å². The van der Waals surface area contributed by atoms with E-state index in [1.54, 1.807) is 24.3 Å². The van der Waals surface area contributed by atoms with Gasteiger partial charge in [-0.05, 0) is 11.6 Å². The number of H-pyrrole nitrogens is 1. The van der Waals surface area contributed by atoms with E-state index in [0.717, 1.165) is 5.39 Å². The lowest BCUT2D eigenvalue weighted by molar-refractivity contribution is -0.138. The molecule has 0 saturated carbocycles. The Labute approximate surface area is 149 Å². The maximum atomic E-state index is 11.1. The van der Waals surface area contributed by atoms with Gasteiger partial charge in [0.15, 0.2) is 0 Å². The number of rotatable bonds is 9. The van der Waals surface area contributed by atoms with Gasteiger partial charge in [0, 0.05) is 29.4 Å². The zero-order valence-corrected chi connectivity index (χ0v) is 14.0. The van der Waals surface area contributed by atoms with Gasteiger partial charge in [0.05, 0.1) is 12.7 Å². The van der Waals surface area contributed by atoms with Crippen molar-refractivity contribution in [3.63, 3.8) is 0 Å². The summed E-state index contributed by atoms with van der Waals surface area (Å²) in [7, 11) is 0. The van der Waals surface area contributed by atoms with Crippen LogP contribution in [0.5, 0.6) is 0 Å². The molecule has 0 aliphatic heterocycles. The van der Waals surface area contributed by atoms with Crippen molar-refractivity contribution in [1.29, 1.82) is 0 Å². The molecule has 0 bridgehead atoms. The number of aromatic nitrogens is 1. The first-order valence-electron chi connectivity index (χ1n) is 8.16. The molecule has 0 radical (unpaired) electrons. The molecule has 0 fully saturated rings. The second-order valence-corrected chi connectivity index (χ2v) is 6.28. The summed E-state index contributed by atoms with van der Waals surface area (Å²) in [5.41, 5.74) is 7.42. The van der Waals surface area contributed by atoms with Gasteiger partial charge in [-0.3, -0.25) is 4.79 Å². The average molecular weight is 368 g/mol. The number of nitrogens with one attached hydrogen (secondary N) is 1. The monoisotopic (exact) mass is 368 g/mol. The first kappa shape index (κ1) is 20.3. The van der Waals surface area contributed by atoms with E-state index in [1.165, 1.54) is 0 Å². The van der Waals surface area contributed by atoms with Crippen molar-refractivity contribution in [2.75, 3.05) is 6.61 Å². The van der Waals surface area contributed by atoms with Gasteiger partial charge in [-0.1, -0.05) is 18.2 Å². The standard InChI is InChI=1S/C17H24N2O7/c18-10(17(25)26)5-9-8-3-1-2-4-11(8)19-12(9)6-13(21)15(23)16(24)14(22)7-20/h1-4,10,13-16,19-24H,5-7,18H2,(H,25,26)/t10-,13-,14+,15+,16+/m0/s1. The topological polar surface area (TPSA) is 180 Å². The number of carbonyl (C=O) groups is 1. The largest absolute Gasteiger partial charge is 0.480 e. The normalized spacial score (nSPS) is 17.6. The van der Waals surface area contributed by atoms with Gasteiger partial charge in [-0.15, -0.1) is 0 Å². The Morgan fingerprint density at radius 2 is 1.65 bits per heavy atom. The lowest BCUT2D eigenvalue weighted by atomic mass is 9.96. The molecule has 144 valence electrons. The predicted molar refractivity (Wildman–Crippen MR) is 92.4 cm³/mol. The SMILES string of the molecule is N[C@@H](Cc1c(C[C@H](O)[C@@H](O)[C@H](O)[C@H](O)CO)[nH]c2ccccc12)C(=O)O. The number of aliphatic carboxylic acids is 1. The predicted octanol–water partition coefficient (Wildman–Crippen LogP) is -1.90. The van der Waals surface area contributed by atoms with Crippen LogP contribution in [0.15, 0.2) is 24.3 Å². The maximum absolute atomic E-state index is 11.1. The summed E-state index contributed by atoms with van der Waals surface area (Å²) in [6.07, 6.45) is -6.61. The van der Waals surface area contributed by atoms with E-state index in [1.807, 2.05) is 0 Å². The summed E-state index contributed by atoms with van der Waals surface area (Å²) in [5, 5.41) is 58.0. The summed E-state index contributed by atoms with van der Waals surface area (Å²) >= 11 is 0. The van der Waals surface area contributed by atoms with Crippen LogP contribution in [0.25, 0.3) is 10.9 Å². The molecule has 0 aliphatic rings. The van der Waals surface area contributed by atoms with E-state index in [-0.39, 0.29) is 12.8 Å². The van der Waals surface area contributed by atoms with Gasteiger partial charge in [0.1, 0.15) is 24.4 Å². The Balaban J connectivity index is 2.29. The minimum absolute atomic E-state index is 0.0132. The number of benzene rings is 1. The maximum Gasteiger partial charge on any atom is 0.320 e. The second-order valence-electron chi connectivity index (χ2n) is 6.28. The first-order chi connectivity index (χ1) is 12.3. The van der Waals surface area contributed by atoms with Crippen LogP contribution in [0.4, 0.5) is 0 Å². The van der Waals surface area contributed by atoms with Crippen LogP contribution in [0.1, 0.15) is 11.3 Å². The average Bonchev–Trinajstić information content (AvgIpc) is 2.96. The summed E-state index contributed by atoms with van der Waals surface area (Å²) < 4.78 is 0. The molecule has 1 aromatic carbocycles. The fourth-order valence-electron chi connectivity index (χ4n) is 2.86. The van der Waals surface area contributed by atoms with E-state index >= 15 is 0 Å². The highest BCUT2D eigenvalue weighted by atomic mass is 16.4. The third-order valence-corrected chi connectivity index (χ3v) is 4.38. The van der Waals surface area contributed by atoms with Gasteiger partial charge >= 0.3 is 5.97 Å². The number of para-hydroxylation sites is 1. The Bertz CT molecular complexity index is 748. The number of hydrogen-bond acceptors (Lipinski definition) is 7. The molecule has 9 nitrogen and oxygen atoms in total. The summed E-state index contributed by atoms with van der Waals surface area (Å²) in [6, 6.07) is 5.99. The zero-order chi connectivity index (χ0) is 19.4. The van der Waals surface area contributed by atoms with Crippen LogP contribution in [-0.4, -0.2) is 78.7 Å². The summed E-state index contributed by atoms with van der Waals surface area (Å²) in [6.45, 7) is -0.768. The van der Waals surface area contributed by atoms with Crippen LogP contribution >= 0.6 is 0 Å². The Morgan fingerprint density at radius 1 is 1.04 bits per heavy atom. The van der Waals surface area contributed by atoms with Gasteiger partial charge in [-0.25, -0.2) is 0 Å². The van der Waals surface area contributed by atoms with Crippen molar-refractivity contribution in [3.8, 4) is 0 Å². The third kappa shape index (κ3) is 4.39. The molecule has 0 saturated heterocycles. The molecule has 1 heterocycles. The van der Waals surface area contributed by atoms with Crippen LogP contribution in [0.3, 0.4) is 0 Å². The van der Waals surface area contributed by atoms with Crippen molar-refractivity contribution in [3.05, 3.63) is 35.5 Å².